The summed E-state index contributed by atoms with van der Waals surface area (Å²) >= 11 is 17.6. The molecule has 0 atom stereocenters. The van der Waals surface area contributed by atoms with Gasteiger partial charge in [0.2, 0.25) is 0 Å². The first-order valence-electron chi connectivity index (χ1n) is 9.47. The van der Waals surface area contributed by atoms with Crippen molar-refractivity contribution in [3.8, 4) is 0 Å². The van der Waals surface area contributed by atoms with Crippen LogP contribution in [0.3, 0.4) is 0 Å². The third kappa shape index (κ3) is 5.30. The van der Waals surface area contributed by atoms with Crippen LogP contribution in [0.2, 0.25) is 10.0 Å². The lowest BCUT2D eigenvalue weighted by Gasteiger charge is -2.12. The molecule has 30 heavy (non-hydrogen) atoms. The van der Waals surface area contributed by atoms with Crippen molar-refractivity contribution in [3.63, 3.8) is 0 Å². The van der Waals surface area contributed by atoms with Crippen LogP contribution in [0.15, 0.2) is 24.4 Å². The van der Waals surface area contributed by atoms with Gasteiger partial charge in [-0.2, -0.15) is 10.2 Å². The minimum Gasteiger partial charge on any atom is -0.362 e. The Balaban J connectivity index is 1.56. The average molecular weight is 469 g/mol. The van der Waals surface area contributed by atoms with Gasteiger partial charge in [0.05, 0.1) is 34.3 Å². The first kappa shape index (κ1) is 22.5. The van der Waals surface area contributed by atoms with E-state index in [1.807, 2.05) is 31.6 Å². The van der Waals surface area contributed by atoms with Crippen LogP contribution in [0, 0.1) is 26.6 Å². The summed E-state index contributed by atoms with van der Waals surface area (Å²) in [6.45, 7) is 7.32. The summed E-state index contributed by atoms with van der Waals surface area (Å²) in [5.74, 6) is -0.351. The Kier molecular flexibility index (Phi) is 7.33. The largest absolute Gasteiger partial charge is 0.362 e. The van der Waals surface area contributed by atoms with Crippen molar-refractivity contribution in [3.05, 3.63) is 62.9 Å². The van der Waals surface area contributed by atoms with Crippen LogP contribution in [0.5, 0.6) is 0 Å². The molecule has 6 nitrogen and oxygen atoms in total. The molecule has 0 amide bonds. The van der Waals surface area contributed by atoms with Crippen molar-refractivity contribution in [1.82, 2.24) is 24.9 Å². The standard InChI is InChI=1S/C20H23Cl2FN6S/c1-12-17(22)11-28(26-12)9-5-8-24-20(30)25-19-13(2)27-29(14(19)3)10-15-16(21)6-4-7-18(15)23/h4,6-7,11H,5,8-10H2,1-3H3,(H2,24,25,30). The number of hydrogen-bond donors (Lipinski definition) is 2. The summed E-state index contributed by atoms with van der Waals surface area (Å²) in [6, 6.07) is 4.65. The smallest absolute Gasteiger partial charge is 0.170 e. The zero-order chi connectivity index (χ0) is 21.8. The maximum absolute atomic E-state index is 14.1. The molecule has 0 fully saturated rings. The van der Waals surface area contributed by atoms with Gasteiger partial charge < -0.3 is 10.6 Å². The molecule has 0 saturated heterocycles. The molecule has 0 saturated carbocycles. The van der Waals surface area contributed by atoms with Gasteiger partial charge in [0.15, 0.2) is 5.11 Å². The molecule has 0 unspecified atom stereocenters. The number of aryl methyl sites for hydroxylation is 3. The summed E-state index contributed by atoms with van der Waals surface area (Å²) in [5.41, 5.74) is 3.64. The number of halogens is 3. The molecule has 0 aliphatic rings. The number of nitrogens with zero attached hydrogens (tertiary/aromatic N) is 4. The van der Waals surface area contributed by atoms with Crippen LogP contribution < -0.4 is 10.6 Å². The Hall–Kier alpha value is -2.16. The molecule has 0 bridgehead atoms. The maximum Gasteiger partial charge on any atom is 0.170 e. The molecule has 1 aromatic carbocycles. The van der Waals surface area contributed by atoms with Crippen molar-refractivity contribution in [1.29, 1.82) is 0 Å². The lowest BCUT2D eigenvalue weighted by Crippen LogP contribution is -2.30. The molecule has 0 spiro atoms. The van der Waals surface area contributed by atoms with Gasteiger partial charge >= 0.3 is 0 Å². The second-order valence-electron chi connectivity index (χ2n) is 6.96. The summed E-state index contributed by atoms with van der Waals surface area (Å²) in [6.07, 6.45) is 2.65. The normalized spacial score (nSPS) is 11.0. The Morgan fingerprint density at radius 1 is 1.13 bits per heavy atom. The molecule has 3 aromatic rings. The lowest BCUT2D eigenvalue weighted by atomic mass is 10.2. The van der Waals surface area contributed by atoms with Gasteiger partial charge in [0.1, 0.15) is 5.82 Å². The highest BCUT2D eigenvalue weighted by atomic mass is 35.5. The maximum atomic E-state index is 14.1. The molecule has 0 aliphatic carbocycles. The third-order valence-corrected chi connectivity index (χ3v) is 5.70. The monoisotopic (exact) mass is 468 g/mol. The summed E-state index contributed by atoms with van der Waals surface area (Å²) in [5, 5.41) is 16.8. The van der Waals surface area contributed by atoms with E-state index in [9.17, 15) is 4.39 Å². The second kappa shape index (κ2) is 9.76. The highest BCUT2D eigenvalue weighted by molar-refractivity contribution is 7.80. The average Bonchev–Trinajstić information content (AvgIpc) is 3.14. The number of thiocarbonyl (C=S) groups is 1. The van der Waals surface area contributed by atoms with E-state index >= 15 is 0 Å². The molecular formula is C20H23Cl2FN6S. The minimum absolute atomic E-state index is 0.242. The Labute approximate surface area is 190 Å². The Bertz CT molecular complexity index is 1020. The highest BCUT2D eigenvalue weighted by Gasteiger charge is 2.15. The van der Waals surface area contributed by atoms with Gasteiger partial charge in [-0.15, -0.1) is 0 Å². The number of aromatic nitrogens is 4. The molecular weight excluding hydrogens is 446 g/mol. The van der Waals surface area contributed by atoms with Crippen LogP contribution >= 0.6 is 35.4 Å². The summed E-state index contributed by atoms with van der Waals surface area (Å²) in [7, 11) is 0. The fourth-order valence-corrected chi connectivity index (χ4v) is 3.65. The van der Waals surface area contributed by atoms with E-state index in [0.717, 1.165) is 35.7 Å². The van der Waals surface area contributed by atoms with Crippen molar-refractivity contribution < 1.29 is 4.39 Å². The van der Waals surface area contributed by atoms with Gasteiger partial charge in [-0.1, -0.05) is 29.3 Å². The van der Waals surface area contributed by atoms with E-state index < -0.39 is 0 Å². The van der Waals surface area contributed by atoms with Crippen LogP contribution in [-0.4, -0.2) is 31.2 Å². The van der Waals surface area contributed by atoms with Crippen LogP contribution in [0.4, 0.5) is 10.1 Å². The van der Waals surface area contributed by atoms with E-state index in [1.54, 1.807) is 16.8 Å². The number of benzene rings is 1. The molecule has 2 aromatic heterocycles. The number of rotatable bonds is 7. The minimum atomic E-state index is -0.351. The summed E-state index contributed by atoms with van der Waals surface area (Å²) in [4.78, 5) is 0. The van der Waals surface area contributed by atoms with E-state index in [0.29, 0.717) is 27.3 Å². The van der Waals surface area contributed by atoms with Crippen LogP contribution in [0.25, 0.3) is 0 Å². The molecule has 3 rings (SSSR count). The Morgan fingerprint density at radius 3 is 2.57 bits per heavy atom. The fraction of sp³-hybridized carbons (Fsp3) is 0.350. The van der Waals surface area contributed by atoms with E-state index in [1.165, 1.54) is 6.07 Å². The fourth-order valence-electron chi connectivity index (χ4n) is 3.07. The molecule has 10 heteroatoms. The van der Waals surface area contributed by atoms with Gasteiger partial charge in [-0.05, 0) is 51.5 Å². The SMILES string of the molecule is Cc1nn(CCCNC(=S)Nc2c(C)nn(Cc3c(F)cccc3Cl)c2C)cc1Cl. The van der Waals surface area contributed by atoms with Crippen molar-refractivity contribution in [2.75, 3.05) is 11.9 Å². The topological polar surface area (TPSA) is 59.7 Å². The van der Waals surface area contributed by atoms with Crippen LogP contribution in [-0.2, 0) is 13.1 Å². The number of hydrogen-bond acceptors (Lipinski definition) is 3. The summed E-state index contributed by atoms with van der Waals surface area (Å²) < 4.78 is 17.7. The number of nitrogens with one attached hydrogen (secondary N) is 2. The van der Waals surface area contributed by atoms with E-state index in [-0.39, 0.29) is 12.4 Å². The van der Waals surface area contributed by atoms with Gasteiger partial charge in [0, 0.05) is 29.9 Å². The second-order valence-corrected chi connectivity index (χ2v) is 8.19. The molecule has 2 N–H and O–H groups in total. The predicted molar refractivity (Wildman–Crippen MR) is 123 cm³/mol. The third-order valence-electron chi connectivity index (χ3n) is 4.73. The molecule has 0 radical (unpaired) electrons. The number of anilines is 1. The van der Waals surface area contributed by atoms with Crippen LogP contribution in [0.1, 0.15) is 29.1 Å². The zero-order valence-electron chi connectivity index (χ0n) is 17.0. The van der Waals surface area contributed by atoms with E-state index in [4.69, 9.17) is 35.4 Å². The molecule has 0 aliphatic heterocycles. The van der Waals surface area contributed by atoms with Gasteiger partial charge in [0.25, 0.3) is 0 Å². The lowest BCUT2D eigenvalue weighted by molar-refractivity contribution is 0.570. The highest BCUT2D eigenvalue weighted by Crippen LogP contribution is 2.24. The molecule has 160 valence electrons. The van der Waals surface area contributed by atoms with Crippen molar-refractivity contribution in [2.24, 2.45) is 0 Å². The molecule has 2 heterocycles. The Morgan fingerprint density at radius 2 is 1.90 bits per heavy atom. The van der Waals surface area contributed by atoms with Crippen molar-refractivity contribution >= 4 is 46.2 Å². The predicted octanol–water partition coefficient (Wildman–Crippen LogP) is 4.88. The quantitative estimate of drug-likeness (QED) is 0.382. The van der Waals surface area contributed by atoms with Gasteiger partial charge in [-0.3, -0.25) is 9.36 Å². The zero-order valence-corrected chi connectivity index (χ0v) is 19.3. The van der Waals surface area contributed by atoms with E-state index in [2.05, 4.69) is 20.8 Å². The van der Waals surface area contributed by atoms with Gasteiger partial charge in [-0.25, -0.2) is 4.39 Å². The van der Waals surface area contributed by atoms with Crippen molar-refractivity contribution in [2.45, 2.75) is 40.3 Å². The first-order valence-corrected chi connectivity index (χ1v) is 10.6. The first-order chi connectivity index (χ1) is 14.3.